The van der Waals surface area contributed by atoms with Crippen LogP contribution in [-0.2, 0) is 11.8 Å². The van der Waals surface area contributed by atoms with Crippen molar-refractivity contribution in [2.45, 2.75) is 12.8 Å². The number of piperidine rings is 1. The number of carboxylic acids is 1. The normalized spacial score (nSPS) is 15.0. The minimum Gasteiger partial charge on any atom is -0.481 e. The number of amides is 1. The van der Waals surface area contributed by atoms with Gasteiger partial charge in [0.25, 0.3) is 11.6 Å². The Morgan fingerprint density at radius 1 is 1.23 bits per heavy atom. The molecule has 0 atom stereocenters. The molecule has 3 rings (SSSR count). The Hall–Kier alpha value is -3.23. The van der Waals surface area contributed by atoms with Crippen LogP contribution in [0.5, 0.6) is 0 Å². The molecule has 2 heterocycles. The zero-order valence-corrected chi connectivity index (χ0v) is 14.2. The Bertz CT molecular complexity index is 851. The topological polar surface area (TPSA) is 119 Å². The first-order valence-corrected chi connectivity index (χ1v) is 8.17. The van der Waals surface area contributed by atoms with Crippen molar-refractivity contribution in [1.29, 1.82) is 0 Å². The van der Waals surface area contributed by atoms with Crippen molar-refractivity contribution in [1.82, 2.24) is 14.7 Å². The molecule has 2 aromatic rings. The lowest BCUT2D eigenvalue weighted by atomic mass is 9.96. The van der Waals surface area contributed by atoms with Crippen molar-refractivity contribution in [3.63, 3.8) is 0 Å². The van der Waals surface area contributed by atoms with E-state index in [1.54, 1.807) is 30.3 Å². The molecule has 9 nitrogen and oxygen atoms in total. The molecular formula is C17H18N4O5. The van der Waals surface area contributed by atoms with E-state index in [1.165, 1.54) is 16.8 Å². The van der Waals surface area contributed by atoms with E-state index in [2.05, 4.69) is 5.10 Å². The summed E-state index contributed by atoms with van der Waals surface area (Å²) in [5, 5.41) is 24.2. The van der Waals surface area contributed by atoms with Crippen LogP contribution in [-0.4, -0.2) is 49.7 Å². The second-order valence-corrected chi connectivity index (χ2v) is 6.27. The van der Waals surface area contributed by atoms with E-state index < -0.39 is 16.8 Å². The number of hydrogen-bond donors (Lipinski definition) is 1. The highest BCUT2D eigenvalue weighted by atomic mass is 16.6. The maximum absolute atomic E-state index is 12.9. The van der Waals surface area contributed by atoms with Crippen LogP contribution in [0, 0.1) is 16.0 Å². The van der Waals surface area contributed by atoms with Gasteiger partial charge < -0.3 is 10.0 Å². The zero-order chi connectivity index (χ0) is 18.8. The van der Waals surface area contributed by atoms with Gasteiger partial charge in [0.15, 0.2) is 0 Å². The fourth-order valence-corrected chi connectivity index (χ4v) is 3.10. The minimum absolute atomic E-state index is 0.0340. The van der Waals surface area contributed by atoms with Gasteiger partial charge in [-0.15, -0.1) is 0 Å². The fraction of sp³-hybridized carbons (Fsp3) is 0.353. The van der Waals surface area contributed by atoms with E-state index in [1.807, 2.05) is 0 Å². The maximum Gasteiger partial charge on any atom is 0.306 e. The van der Waals surface area contributed by atoms with Gasteiger partial charge in [-0.1, -0.05) is 0 Å². The maximum atomic E-state index is 12.9. The summed E-state index contributed by atoms with van der Waals surface area (Å²) in [6.45, 7) is 0.759. The Morgan fingerprint density at radius 3 is 2.38 bits per heavy atom. The molecule has 1 amide bonds. The summed E-state index contributed by atoms with van der Waals surface area (Å²) in [5.74, 6) is -1.46. The Labute approximate surface area is 149 Å². The standard InChI is InChI=1S/C17H18N4O5/c1-19-10-14(16(22)20-8-6-12(7-9-20)17(23)24)15(18-19)11-2-4-13(5-3-11)21(25)26/h2-5,10,12H,6-9H2,1H3,(H,23,24). The van der Waals surface area contributed by atoms with Crippen LogP contribution in [0.1, 0.15) is 23.2 Å². The number of carboxylic acid groups (broad SMARTS) is 1. The largest absolute Gasteiger partial charge is 0.481 e. The molecular weight excluding hydrogens is 340 g/mol. The number of nitro benzene ring substituents is 1. The summed E-state index contributed by atoms with van der Waals surface area (Å²) < 4.78 is 1.52. The lowest BCUT2D eigenvalue weighted by molar-refractivity contribution is -0.384. The fourth-order valence-electron chi connectivity index (χ4n) is 3.10. The van der Waals surface area contributed by atoms with Gasteiger partial charge in [0.1, 0.15) is 5.69 Å². The van der Waals surface area contributed by atoms with Crippen LogP contribution in [0.25, 0.3) is 11.3 Å². The third-order valence-electron chi connectivity index (χ3n) is 4.54. The Morgan fingerprint density at radius 2 is 1.85 bits per heavy atom. The number of benzene rings is 1. The zero-order valence-electron chi connectivity index (χ0n) is 14.2. The number of aromatic nitrogens is 2. The number of hydrogen-bond acceptors (Lipinski definition) is 5. The van der Waals surface area contributed by atoms with Gasteiger partial charge in [0, 0.05) is 44.0 Å². The van der Waals surface area contributed by atoms with Crippen molar-refractivity contribution >= 4 is 17.6 Å². The first-order chi connectivity index (χ1) is 12.4. The molecule has 1 saturated heterocycles. The van der Waals surface area contributed by atoms with Crippen molar-refractivity contribution in [3.8, 4) is 11.3 Å². The average molecular weight is 358 g/mol. The smallest absolute Gasteiger partial charge is 0.306 e. The SMILES string of the molecule is Cn1cc(C(=O)N2CCC(C(=O)O)CC2)c(-c2ccc([N+](=O)[O-])cc2)n1. The number of carbonyl (C=O) groups is 2. The lowest BCUT2D eigenvalue weighted by Gasteiger charge is -2.30. The summed E-state index contributed by atoms with van der Waals surface area (Å²) in [5.41, 5.74) is 1.43. The van der Waals surface area contributed by atoms with Gasteiger partial charge in [-0.25, -0.2) is 0 Å². The number of nitro groups is 1. The average Bonchev–Trinajstić information content (AvgIpc) is 3.03. The Balaban J connectivity index is 1.84. The summed E-state index contributed by atoms with van der Waals surface area (Å²) in [7, 11) is 1.70. The minimum atomic E-state index is -0.829. The molecule has 1 N–H and O–H groups in total. The molecule has 0 bridgehead atoms. The third-order valence-corrected chi connectivity index (χ3v) is 4.54. The molecule has 1 aromatic carbocycles. The van der Waals surface area contributed by atoms with E-state index in [9.17, 15) is 19.7 Å². The number of carbonyl (C=O) groups excluding carboxylic acids is 1. The first-order valence-electron chi connectivity index (χ1n) is 8.17. The van der Waals surface area contributed by atoms with Crippen molar-refractivity contribution < 1.29 is 19.6 Å². The van der Waals surface area contributed by atoms with Crippen LogP contribution in [0.2, 0.25) is 0 Å². The molecule has 0 saturated carbocycles. The van der Waals surface area contributed by atoms with Gasteiger partial charge in [0.05, 0.1) is 16.4 Å². The van der Waals surface area contributed by atoms with Gasteiger partial charge in [-0.3, -0.25) is 24.4 Å². The molecule has 0 radical (unpaired) electrons. The van der Waals surface area contributed by atoms with Gasteiger partial charge >= 0.3 is 5.97 Å². The van der Waals surface area contributed by atoms with Crippen LogP contribution < -0.4 is 0 Å². The lowest BCUT2D eigenvalue weighted by Crippen LogP contribution is -2.40. The third kappa shape index (κ3) is 3.41. The monoisotopic (exact) mass is 358 g/mol. The molecule has 1 fully saturated rings. The quantitative estimate of drug-likeness (QED) is 0.659. The molecule has 1 aliphatic rings. The van der Waals surface area contributed by atoms with Crippen molar-refractivity contribution in [2.75, 3.05) is 13.1 Å². The van der Waals surface area contributed by atoms with Gasteiger partial charge in [-0.05, 0) is 25.0 Å². The molecule has 1 aliphatic heterocycles. The number of likely N-dealkylation sites (tertiary alicyclic amines) is 1. The van der Waals surface area contributed by atoms with Crippen LogP contribution in [0.3, 0.4) is 0 Å². The van der Waals surface area contributed by atoms with Crippen LogP contribution >= 0.6 is 0 Å². The number of non-ortho nitro benzene ring substituents is 1. The molecule has 0 unspecified atom stereocenters. The highest BCUT2D eigenvalue weighted by molar-refractivity contribution is 6.00. The summed E-state index contributed by atoms with van der Waals surface area (Å²) >= 11 is 0. The molecule has 136 valence electrons. The van der Waals surface area contributed by atoms with E-state index in [-0.39, 0.29) is 11.6 Å². The van der Waals surface area contributed by atoms with Crippen molar-refractivity contribution in [3.05, 3.63) is 46.1 Å². The van der Waals surface area contributed by atoms with Crippen molar-refractivity contribution in [2.24, 2.45) is 13.0 Å². The number of aliphatic carboxylic acids is 1. The second kappa shape index (κ2) is 6.95. The summed E-state index contributed by atoms with van der Waals surface area (Å²) in [4.78, 5) is 35.9. The van der Waals surface area contributed by atoms with E-state index >= 15 is 0 Å². The first kappa shape index (κ1) is 17.6. The second-order valence-electron chi connectivity index (χ2n) is 6.27. The predicted molar refractivity (Wildman–Crippen MR) is 91.6 cm³/mol. The Kier molecular flexibility index (Phi) is 4.70. The number of rotatable bonds is 4. The van der Waals surface area contributed by atoms with E-state index in [4.69, 9.17) is 5.11 Å². The van der Waals surface area contributed by atoms with E-state index in [0.717, 1.165) is 0 Å². The number of nitrogens with zero attached hydrogens (tertiary/aromatic N) is 4. The summed E-state index contributed by atoms with van der Waals surface area (Å²) in [6.07, 6.45) is 2.46. The molecule has 0 spiro atoms. The van der Waals surface area contributed by atoms with Crippen LogP contribution in [0.4, 0.5) is 5.69 Å². The molecule has 0 aliphatic carbocycles. The number of aryl methyl sites for hydroxylation is 1. The highest BCUT2D eigenvalue weighted by Gasteiger charge is 2.29. The van der Waals surface area contributed by atoms with Crippen LogP contribution in [0.15, 0.2) is 30.5 Å². The highest BCUT2D eigenvalue weighted by Crippen LogP contribution is 2.27. The summed E-state index contributed by atoms with van der Waals surface area (Å²) in [6, 6.07) is 5.87. The van der Waals surface area contributed by atoms with Gasteiger partial charge in [-0.2, -0.15) is 5.10 Å². The predicted octanol–water partition coefficient (Wildman–Crippen LogP) is 1.93. The molecule has 1 aromatic heterocycles. The van der Waals surface area contributed by atoms with E-state index in [0.29, 0.717) is 42.8 Å². The molecule has 9 heteroatoms. The van der Waals surface area contributed by atoms with Gasteiger partial charge in [0.2, 0.25) is 0 Å². The molecule has 26 heavy (non-hydrogen) atoms.